The fourth-order valence-electron chi connectivity index (χ4n) is 5.10. The van der Waals surface area contributed by atoms with Gasteiger partial charge >= 0.3 is 13.3 Å². The third kappa shape index (κ3) is 9.80. The molecule has 1 aromatic rings. The highest BCUT2D eigenvalue weighted by atomic mass is 31.2. The summed E-state index contributed by atoms with van der Waals surface area (Å²) >= 11 is 0. The van der Waals surface area contributed by atoms with Crippen molar-refractivity contribution in [2.24, 2.45) is 0 Å². The zero-order chi connectivity index (χ0) is 28.3. The summed E-state index contributed by atoms with van der Waals surface area (Å²) in [6.45, 7) is 9.64. The summed E-state index contributed by atoms with van der Waals surface area (Å²) in [5.41, 5.74) is -1.13. The van der Waals surface area contributed by atoms with Crippen molar-refractivity contribution in [3.05, 3.63) is 45.5 Å². The van der Waals surface area contributed by atoms with E-state index in [2.05, 4.69) is 18.5 Å². The summed E-state index contributed by atoms with van der Waals surface area (Å²) in [4.78, 5) is 26.1. The highest BCUT2D eigenvalue weighted by Crippen LogP contribution is 2.51. The number of hydrogen-bond acceptors (Lipinski definition) is 8. The first-order valence-corrected chi connectivity index (χ1v) is 16.1. The second-order valence-electron chi connectivity index (χ2n) is 10.9. The number of H-pyrrole nitrogens is 1. The van der Waals surface area contributed by atoms with Crippen LogP contribution in [0, 0.1) is 0 Å². The molecule has 0 saturated carbocycles. The summed E-state index contributed by atoms with van der Waals surface area (Å²) < 4.78 is 43.7. The number of nitrogens with zero attached hydrogens (tertiary/aromatic N) is 1. The number of aromatic amines is 1. The molecule has 2 fully saturated rings. The molecule has 0 aromatic carbocycles. The molecule has 1 unspecified atom stereocenters. The molecule has 0 radical (unpaired) electrons. The molecule has 2 aliphatic rings. The SMILES string of the molecule is C=CP(=O)(OCCCCCCCCCCCCCC)OC[C@H]1O[C@@H](n2ccc(=O)[nH]c2=O)[C@@H]2OC(C)(C)O[C@@H]21. The second-order valence-corrected chi connectivity index (χ2v) is 12.8. The molecule has 2 aliphatic heterocycles. The average molecular weight is 571 g/mol. The minimum absolute atomic E-state index is 0.100. The molecular weight excluding hydrogens is 523 g/mol. The molecule has 39 heavy (non-hydrogen) atoms. The Morgan fingerprint density at radius 2 is 1.56 bits per heavy atom. The van der Waals surface area contributed by atoms with E-state index in [0.29, 0.717) is 6.61 Å². The van der Waals surface area contributed by atoms with Crippen molar-refractivity contribution in [2.75, 3.05) is 13.2 Å². The predicted molar refractivity (Wildman–Crippen MR) is 150 cm³/mol. The van der Waals surface area contributed by atoms with Crippen LogP contribution in [-0.4, -0.2) is 46.9 Å². The van der Waals surface area contributed by atoms with Gasteiger partial charge in [0.25, 0.3) is 5.56 Å². The monoisotopic (exact) mass is 570 g/mol. The second kappa shape index (κ2) is 15.5. The molecule has 222 valence electrons. The molecule has 11 heteroatoms. The summed E-state index contributed by atoms with van der Waals surface area (Å²) in [7, 11) is -3.54. The number of aromatic nitrogens is 2. The summed E-state index contributed by atoms with van der Waals surface area (Å²) in [6.07, 6.45) is 13.4. The molecule has 0 amide bonds. The van der Waals surface area contributed by atoms with Crippen LogP contribution in [0.15, 0.2) is 34.2 Å². The van der Waals surface area contributed by atoms with Crippen LogP contribution >= 0.6 is 7.60 Å². The standard InChI is InChI=1S/C28H47N2O8P/c1-5-7-8-9-10-11-12-13-14-15-16-17-20-34-39(33,6-2)35-21-22-24-25(38-28(3,4)37-24)26(36-22)30-19-18-23(31)29-27(30)32/h6,18-19,22,24-26H,2,5,7-17,20-21H2,1,3-4H3,(H,29,31,32)/t22-,24-,25-,26-,39?/m1/s1. The zero-order valence-electron chi connectivity index (χ0n) is 23.8. The van der Waals surface area contributed by atoms with E-state index in [1.807, 2.05) is 0 Å². The van der Waals surface area contributed by atoms with Gasteiger partial charge in [0.1, 0.15) is 18.3 Å². The molecule has 5 atom stereocenters. The molecule has 3 rings (SSSR count). The highest BCUT2D eigenvalue weighted by Gasteiger charge is 2.56. The smallest absolute Gasteiger partial charge is 0.346 e. The van der Waals surface area contributed by atoms with Gasteiger partial charge < -0.3 is 23.3 Å². The molecule has 10 nitrogen and oxygen atoms in total. The predicted octanol–water partition coefficient (Wildman–Crippen LogP) is 6.03. The zero-order valence-corrected chi connectivity index (χ0v) is 24.7. The Hall–Kier alpha value is -1.55. The van der Waals surface area contributed by atoms with Gasteiger partial charge in [0, 0.05) is 18.1 Å². The van der Waals surface area contributed by atoms with Crippen LogP contribution in [0.4, 0.5) is 0 Å². The first-order valence-electron chi connectivity index (χ1n) is 14.5. The van der Waals surface area contributed by atoms with E-state index >= 15 is 0 Å². The third-order valence-corrected chi connectivity index (χ3v) is 8.66. The van der Waals surface area contributed by atoms with Gasteiger partial charge in [-0.3, -0.25) is 18.9 Å². The largest absolute Gasteiger partial charge is 0.353 e. The Balaban J connectivity index is 1.39. The van der Waals surface area contributed by atoms with E-state index < -0.39 is 49.2 Å². The van der Waals surface area contributed by atoms with Crippen molar-refractivity contribution in [2.45, 2.75) is 128 Å². The van der Waals surface area contributed by atoms with Gasteiger partial charge in [0.15, 0.2) is 12.0 Å². The van der Waals surface area contributed by atoms with E-state index in [1.54, 1.807) is 13.8 Å². The Morgan fingerprint density at radius 1 is 0.974 bits per heavy atom. The topological polar surface area (TPSA) is 118 Å². The third-order valence-electron chi connectivity index (χ3n) is 7.16. The van der Waals surface area contributed by atoms with Crippen LogP contribution in [-0.2, 0) is 27.8 Å². The molecule has 3 heterocycles. The van der Waals surface area contributed by atoms with E-state index in [-0.39, 0.29) is 6.61 Å². The van der Waals surface area contributed by atoms with Gasteiger partial charge in [-0.2, -0.15) is 0 Å². The highest BCUT2D eigenvalue weighted by molar-refractivity contribution is 7.57. The van der Waals surface area contributed by atoms with Crippen molar-refractivity contribution in [3.63, 3.8) is 0 Å². The van der Waals surface area contributed by atoms with Gasteiger partial charge in [0.05, 0.1) is 13.2 Å². The number of fused-ring (bicyclic) bond motifs is 1. The molecular formula is C28H47N2O8P. The van der Waals surface area contributed by atoms with Crippen LogP contribution in [0.2, 0.25) is 0 Å². The van der Waals surface area contributed by atoms with Gasteiger partial charge in [-0.15, -0.1) is 0 Å². The average Bonchev–Trinajstić information content (AvgIpc) is 3.38. The van der Waals surface area contributed by atoms with Gasteiger partial charge in [-0.1, -0.05) is 84.1 Å². The molecule has 2 saturated heterocycles. The van der Waals surface area contributed by atoms with Crippen LogP contribution in [0.3, 0.4) is 0 Å². The van der Waals surface area contributed by atoms with Crippen LogP contribution in [0.5, 0.6) is 0 Å². The molecule has 0 spiro atoms. The van der Waals surface area contributed by atoms with Crippen molar-refractivity contribution < 1.29 is 27.8 Å². The van der Waals surface area contributed by atoms with E-state index in [0.717, 1.165) is 19.3 Å². The van der Waals surface area contributed by atoms with E-state index in [9.17, 15) is 14.2 Å². The number of rotatable bonds is 19. The molecule has 1 aromatic heterocycles. The number of nitrogens with one attached hydrogen (secondary N) is 1. The lowest BCUT2D eigenvalue weighted by atomic mass is 10.1. The Bertz CT molecular complexity index is 1050. The maximum absolute atomic E-state index is 13.1. The maximum Gasteiger partial charge on any atom is 0.353 e. The van der Waals surface area contributed by atoms with Gasteiger partial charge in [-0.25, -0.2) is 4.79 Å². The molecule has 1 N–H and O–H groups in total. The number of ether oxygens (including phenoxy) is 3. The maximum atomic E-state index is 13.1. The van der Waals surface area contributed by atoms with Crippen LogP contribution in [0.25, 0.3) is 0 Å². The van der Waals surface area contributed by atoms with Crippen LogP contribution < -0.4 is 11.2 Å². The lowest BCUT2D eigenvalue weighted by Crippen LogP contribution is -2.37. The van der Waals surface area contributed by atoms with Gasteiger partial charge in [-0.05, 0) is 20.3 Å². The van der Waals surface area contributed by atoms with E-state index in [1.165, 1.54) is 80.4 Å². The minimum Gasteiger partial charge on any atom is -0.346 e. The molecule has 0 aliphatic carbocycles. The molecule has 0 bridgehead atoms. The summed E-state index contributed by atoms with van der Waals surface area (Å²) in [5, 5.41) is 0. The fraction of sp³-hybridized carbons (Fsp3) is 0.786. The van der Waals surface area contributed by atoms with Crippen LogP contribution in [0.1, 0.15) is 104 Å². The Morgan fingerprint density at radius 3 is 2.15 bits per heavy atom. The normalized spacial score (nSPS) is 25.4. The number of unbranched alkanes of at least 4 members (excludes halogenated alkanes) is 11. The first kappa shape index (κ1) is 32.0. The van der Waals surface area contributed by atoms with Crippen molar-refractivity contribution in [1.29, 1.82) is 0 Å². The van der Waals surface area contributed by atoms with Crippen molar-refractivity contribution in [3.8, 4) is 0 Å². The van der Waals surface area contributed by atoms with Gasteiger partial charge in [0.2, 0.25) is 0 Å². The first-order chi connectivity index (χ1) is 18.7. The summed E-state index contributed by atoms with van der Waals surface area (Å²) in [6, 6.07) is 1.24. The summed E-state index contributed by atoms with van der Waals surface area (Å²) in [5.74, 6) is 0.300. The van der Waals surface area contributed by atoms with Crippen molar-refractivity contribution in [1.82, 2.24) is 9.55 Å². The lowest BCUT2D eigenvalue weighted by Gasteiger charge is -2.25. The minimum atomic E-state index is -3.54. The fourth-order valence-corrected chi connectivity index (χ4v) is 6.12. The Kier molecular flexibility index (Phi) is 12.7. The van der Waals surface area contributed by atoms with Crippen molar-refractivity contribution >= 4 is 7.60 Å². The Labute approximate surface area is 231 Å². The number of hydrogen-bond donors (Lipinski definition) is 1. The van der Waals surface area contributed by atoms with E-state index in [4.69, 9.17) is 23.3 Å². The quantitative estimate of drug-likeness (QED) is 0.158. The lowest BCUT2D eigenvalue weighted by molar-refractivity contribution is -0.200.